The Kier molecular flexibility index (Phi) is 11.4. The lowest BCUT2D eigenvalue weighted by atomic mass is 10.1. The molecule has 5 rings (SSSR count). The Hall–Kier alpha value is -2.47. The molecular weight excluding hydrogens is 614 g/mol. The first-order valence-electron chi connectivity index (χ1n) is 14.7. The largest absolute Gasteiger partial charge is 0.394 e. The second-order valence-corrected chi connectivity index (χ2v) is 14.1. The Morgan fingerprint density at radius 2 is 1.14 bits per heavy atom. The van der Waals surface area contributed by atoms with E-state index in [-0.39, 0.29) is 48.3 Å². The highest BCUT2D eigenvalue weighted by Gasteiger charge is 2.31. The zero-order valence-electron chi connectivity index (χ0n) is 24.4. The van der Waals surface area contributed by atoms with Gasteiger partial charge in [0, 0.05) is 49.6 Å². The van der Waals surface area contributed by atoms with Gasteiger partial charge in [-0.25, -0.2) is 26.3 Å². The van der Waals surface area contributed by atoms with Crippen LogP contribution < -0.4 is 9.44 Å². The summed E-state index contributed by atoms with van der Waals surface area (Å²) in [5.74, 6) is 0. The van der Waals surface area contributed by atoms with Gasteiger partial charge in [-0.15, -0.1) is 0 Å². The van der Waals surface area contributed by atoms with Crippen molar-refractivity contribution in [3.05, 3.63) is 47.5 Å². The maximum atomic E-state index is 13.3. The molecule has 0 aromatic heterocycles. The van der Waals surface area contributed by atoms with E-state index in [1.807, 2.05) is 0 Å². The average molecular weight is 654 g/mol. The highest BCUT2D eigenvalue weighted by Crippen LogP contribution is 2.39. The number of oxime groups is 1. The van der Waals surface area contributed by atoms with Crippen molar-refractivity contribution in [3.63, 3.8) is 0 Å². The molecule has 0 saturated carbocycles. The Morgan fingerprint density at radius 1 is 0.682 bits per heavy atom. The molecule has 2 heterocycles. The molecule has 2 saturated heterocycles. The number of nitrogens with zero attached hydrogens (tertiary/aromatic N) is 1. The van der Waals surface area contributed by atoms with Crippen LogP contribution in [0.5, 0.6) is 0 Å². The molecule has 15 heteroatoms. The average Bonchev–Trinajstić information content (AvgIpc) is 3.33. The highest BCUT2D eigenvalue weighted by atomic mass is 32.2. The summed E-state index contributed by atoms with van der Waals surface area (Å²) in [6.07, 6.45) is 2.35. The number of rotatable bonds is 15. The van der Waals surface area contributed by atoms with E-state index < -0.39 is 20.0 Å². The van der Waals surface area contributed by atoms with Crippen molar-refractivity contribution < 1.29 is 45.7 Å². The number of nitrogens with one attached hydrogen (secondary N) is 2. The van der Waals surface area contributed by atoms with Gasteiger partial charge in [0.2, 0.25) is 20.0 Å². The normalized spacial score (nSPS) is 17.8. The van der Waals surface area contributed by atoms with Crippen molar-refractivity contribution in [3.8, 4) is 11.1 Å². The molecule has 0 amide bonds. The van der Waals surface area contributed by atoms with Crippen LogP contribution in [0.1, 0.15) is 36.8 Å². The van der Waals surface area contributed by atoms with Crippen molar-refractivity contribution in [1.29, 1.82) is 0 Å². The first-order valence-corrected chi connectivity index (χ1v) is 17.7. The van der Waals surface area contributed by atoms with E-state index in [1.165, 1.54) is 12.1 Å². The summed E-state index contributed by atoms with van der Waals surface area (Å²) in [5, 5.41) is 13.1. The van der Waals surface area contributed by atoms with Crippen LogP contribution >= 0.6 is 0 Å². The number of ether oxygens (including phenoxy) is 4. The van der Waals surface area contributed by atoms with Gasteiger partial charge in [-0.3, -0.25) is 0 Å². The van der Waals surface area contributed by atoms with E-state index in [0.29, 0.717) is 93.3 Å². The SMILES string of the molecule is O=S(=O)(NC1CCOCC1)c1ccc2c(c1)C(=NOCCOCCOCCO)c1cc(S(=O)(=O)NC3CCOCC3)ccc1-2. The van der Waals surface area contributed by atoms with Gasteiger partial charge in [-0.05, 0) is 61.1 Å². The molecule has 2 aromatic carbocycles. The Bertz CT molecular complexity index is 1420. The van der Waals surface area contributed by atoms with E-state index in [2.05, 4.69) is 14.6 Å². The first-order chi connectivity index (χ1) is 21.3. The summed E-state index contributed by atoms with van der Waals surface area (Å²) in [7, 11) is -7.69. The quantitative estimate of drug-likeness (QED) is 0.161. The van der Waals surface area contributed by atoms with Gasteiger partial charge >= 0.3 is 0 Å². The van der Waals surface area contributed by atoms with Gasteiger partial charge in [0.15, 0.2) is 0 Å². The van der Waals surface area contributed by atoms with Gasteiger partial charge in [-0.2, -0.15) is 0 Å². The van der Waals surface area contributed by atoms with Crippen molar-refractivity contribution in [1.82, 2.24) is 9.44 Å². The number of sulfonamides is 2. The number of aliphatic hydroxyl groups excluding tert-OH is 1. The molecule has 0 radical (unpaired) electrons. The lowest BCUT2D eigenvalue weighted by molar-refractivity contribution is 0.00876. The van der Waals surface area contributed by atoms with E-state index in [9.17, 15) is 16.8 Å². The molecule has 242 valence electrons. The van der Waals surface area contributed by atoms with Crippen molar-refractivity contribution in [2.75, 3.05) is 66.1 Å². The van der Waals surface area contributed by atoms with E-state index >= 15 is 0 Å². The van der Waals surface area contributed by atoms with E-state index in [4.69, 9.17) is 28.9 Å². The Labute approximate surface area is 258 Å². The van der Waals surface area contributed by atoms with Gasteiger partial charge in [0.25, 0.3) is 0 Å². The molecule has 2 aliphatic heterocycles. The van der Waals surface area contributed by atoms with Crippen LogP contribution in [0.2, 0.25) is 0 Å². The molecule has 0 atom stereocenters. The van der Waals surface area contributed by atoms with Gasteiger partial charge in [-0.1, -0.05) is 17.3 Å². The fraction of sp³-hybridized carbons (Fsp3) is 0.552. The minimum absolute atomic E-state index is 0.0627. The monoisotopic (exact) mass is 653 g/mol. The molecule has 2 fully saturated rings. The lowest BCUT2D eigenvalue weighted by Crippen LogP contribution is -2.38. The van der Waals surface area contributed by atoms with Gasteiger partial charge < -0.3 is 28.9 Å². The second kappa shape index (κ2) is 15.2. The molecule has 13 nitrogen and oxygen atoms in total. The van der Waals surface area contributed by atoms with Crippen molar-refractivity contribution in [2.24, 2.45) is 5.16 Å². The lowest BCUT2D eigenvalue weighted by Gasteiger charge is -2.23. The summed E-state index contributed by atoms with van der Waals surface area (Å²) >= 11 is 0. The fourth-order valence-electron chi connectivity index (χ4n) is 5.28. The molecule has 3 aliphatic rings. The van der Waals surface area contributed by atoms with E-state index in [0.717, 1.165) is 0 Å². The zero-order valence-corrected chi connectivity index (χ0v) is 26.0. The van der Waals surface area contributed by atoms with Crippen LogP contribution in [0.15, 0.2) is 51.3 Å². The topological polar surface area (TPSA) is 171 Å². The number of hydrogen-bond donors (Lipinski definition) is 3. The van der Waals surface area contributed by atoms with Crippen molar-refractivity contribution >= 4 is 25.8 Å². The molecule has 1 aliphatic carbocycles. The molecule has 0 spiro atoms. The minimum Gasteiger partial charge on any atom is -0.394 e. The molecule has 0 bridgehead atoms. The van der Waals surface area contributed by atoms with E-state index in [1.54, 1.807) is 24.3 Å². The van der Waals surface area contributed by atoms with Crippen LogP contribution in [0.3, 0.4) is 0 Å². The number of hydrogen-bond acceptors (Lipinski definition) is 11. The van der Waals surface area contributed by atoms with Crippen LogP contribution in [0.4, 0.5) is 0 Å². The molecule has 3 N–H and O–H groups in total. The minimum atomic E-state index is -3.85. The van der Waals surface area contributed by atoms with Crippen LogP contribution in [-0.4, -0.2) is 106 Å². The smallest absolute Gasteiger partial charge is 0.240 e. The van der Waals surface area contributed by atoms with Gasteiger partial charge in [0.05, 0.1) is 42.8 Å². The molecular formula is C29H39N3O10S2. The first kappa shape index (κ1) is 32.9. The fourth-order valence-corrected chi connectivity index (χ4v) is 7.95. The Balaban J connectivity index is 1.39. The summed E-state index contributed by atoms with van der Waals surface area (Å²) in [5.41, 5.74) is 2.78. The van der Waals surface area contributed by atoms with Gasteiger partial charge in [0.1, 0.15) is 12.3 Å². The third kappa shape index (κ3) is 8.21. The standard InChI is InChI=1S/C29H39N3O10S2/c33-9-14-40-15-16-41-17-18-42-30-29-27-19-23(43(34,35)31-21-5-10-38-11-6-21)1-3-25(27)26-4-2-24(20-28(26)29)44(36,37)32-22-7-12-39-13-8-22/h1-4,19-22,31-33H,5-18H2. The highest BCUT2D eigenvalue weighted by molar-refractivity contribution is 7.89. The maximum absolute atomic E-state index is 13.3. The maximum Gasteiger partial charge on any atom is 0.240 e. The van der Waals surface area contributed by atoms with Crippen molar-refractivity contribution in [2.45, 2.75) is 47.6 Å². The predicted molar refractivity (Wildman–Crippen MR) is 161 cm³/mol. The second-order valence-electron chi connectivity index (χ2n) is 10.7. The molecule has 0 unspecified atom stereocenters. The molecule has 44 heavy (non-hydrogen) atoms. The van der Waals surface area contributed by atoms with Crippen LogP contribution in [0, 0.1) is 0 Å². The third-order valence-corrected chi connectivity index (χ3v) is 10.6. The number of benzene rings is 2. The predicted octanol–water partition coefficient (Wildman–Crippen LogP) is 1.38. The number of fused-ring (bicyclic) bond motifs is 3. The van der Waals surface area contributed by atoms with Crippen LogP contribution in [0.25, 0.3) is 11.1 Å². The summed E-state index contributed by atoms with van der Waals surface area (Å²) in [6.45, 7) is 3.10. The Morgan fingerprint density at radius 3 is 1.61 bits per heavy atom. The summed E-state index contributed by atoms with van der Waals surface area (Å²) in [4.78, 5) is 5.72. The number of aliphatic hydroxyl groups is 1. The summed E-state index contributed by atoms with van der Waals surface area (Å²) < 4.78 is 80.2. The third-order valence-electron chi connectivity index (χ3n) is 7.57. The molecule has 2 aromatic rings. The zero-order chi connectivity index (χ0) is 31.0. The van der Waals surface area contributed by atoms with Crippen LogP contribution in [-0.2, 0) is 43.8 Å². The summed E-state index contributed by atoms with van der Waals surface area (Å²) in [6, 6.07) is 9.14.